The number of hydrogen-bond acceptors (Lipinski definition) is 3. The Balaban J connectivity index is 2.53. The molecule has 0 aromatic carbocycles. The lowest BCUT2D eigenvalue weighted by atomic mass is 9.84. The van der Waals surface area contributed by atoms with Crippen molar-refractivity contribution in [2.45, 2.75) is 38.9 Å². The van der Waals surface area contributed by atoms with Gasteiger partial charge in [0.2, 0.25) is 0 Å². The summed E-state index contributed by atoms with van der Waals surface area (Å²) in [6, 6.07) is 1.79. The van der Waals surface area contributed by atoms with Gasteiger partial charge < -0.3 is 14.2 Å². The van der Waals surface area contributed by atoms with Crippen LogP contribution in [0.15, 0.2) is 23.0 Å². The smallest absolute Gasteiger partial charge is 0.334 e. The minimum Gasteiger partial charge on any atom is -0.473 e. The van der Waals surface area contributed by atoms with Crippen LogP contribution in [0.5, 0.6) is 0 Å². The fourth-order valence-corrected chi connectivity index (χ4v) is 0.702. The van der Waals surface area contributed by atoms with Crippen LogP contribution in [0, 0.1) is 0 Å². The van der Waals surface area contributed by atoms with E-state index in [0.29, 0.717) is 0 Å². The van der Waals surface area contributed by atoms with Gasteiger partial charge in [-0.1, -0.05) is 0 Å². The lowest BCUT2D eigenvalue weighted by molar-refractivity contribution is -0.0893. The number of aliphatic hydroxyl groups is 1. The van der Waals surface area contributed by atoms with Gasteiger partial charge >= 0.3 is 7.48 Å². The first-order valence-electron chi connectivity index (χ1n) is 4.58. The van der Waals surface area contributed by atoms with Crippen LogP contribution in [-0.4, -0.2) is 23.8 Å². The summed E-state index contributed by atoms with van der Waals surface area (Å²) in [6.45, 7) is 7.11. The van der Waals surface area contributed by atoms with Crippen molar-refractivity contribution in [2.24, 2.45) is 0 Å². The molecular weight excluding hydrogens is 179 g/mol. The molecule has 1 aromatic heterocycles. The van der Waals surface area contributed by atoms with Gasteiger partial charge in [-0.05, 0) is 39.2 Å². The lowest BCUT2D eigenvalue weighted by Gasteiger charge is -2.37. The molecule has 0 aliphatic carbocycles. The molecule has 0 unspecified atom stereocenters. The van der Waals surface area contributed by atoms with Gasteiger partial charge in [0.15, 0.2) is 0 Å². The molecule has 1 N–H and O–H groups in total. The molecule has 0 saturated carbocycles. The molecule has 1 radical (unpaired) electrons. The summed E-state index contributed by atoms with van der Waals surface area (Å²) in [5, 5.41) is 9.81. The zero-order valence-electron chi connectivity index (χ0n) is 9.07. The predicted octanol–water partition coefficient (Wildman–Crippen LogP) is 1.09. The molecule has 0 aliphatic rings. The van der Waals surface area contributed by atoms with Crippen molar-refractivity contribution >= 4 is 12.9 Å². The van der Waals surface area contributed by atoms with E-state index < -0.39 is 11.2 Å². The SMILES string of the molecule is CC(C)(O)C(C)(C)O[B]c1ccoc1. The Bertz CT molecular complexity index is 272. The Morgan fingerprint density at radius 1 is 1.36 bits per heavy atom. The highest BCUT2D eigenvalue weighted by molar-refractivity contribution is 6.46. The molecule has 77 valence electrons. The van der Waals surface area contributed by atoms with Gasteiger partial charge in [0.25, 0.3) is 0 Å². The van der Waals surface area contributed by atoms with Gasteiger partial charge in [-0.3, -0.25) is 0 Å². The second-order valence-electron chi connectivity index (χ2n) is 4.36. The molecule has 14 heavy (non-hydrogen) atoms. The van der Waals surface area contributed by atoms with Crippen LogP contribution in [0.3, 0.4) is 0 Å². The molecule has 3 nitrogen and oxygen atoms in total. The molecule has 0 bridgehead atoms. The third-order valence-corrected chi connectivity index (χ3v) is 2.51. The predicted molar refractivity (Wildman–Crippen MR) is 55.6 cm³/mol. The van der Waals surface area contributed by atoms with Crippen LogP contribution in [0.25, 0.3) is 0 Å². The van der Waals surface area contributed by atoms with Crippen LogP contribution < -0.4 is 5.46 Å². The van der Waals surface area contributed by atoms with E-state index in [2.05, 4.69) is 0 Å². The van der Waals surface area contributed by atoms with Crippen molar-refractivity contribution in [3.05, 3.63) is 18.6 Å². The Kier molecular flexibility index (Phi) is 3.07. The van der Waals surface area contributed by atoms with Crippen molar-refractivity contribution in [1.82, 2.24) is 0 Å². The van der Waals surface area contributed by atoms with E-state index in [1.807, 2.05) is 13.8 Å². The maximum absolute atomic E-state index is 9.81. The van der Waals surface area contributed by atoms with E-state index in [-0.39, 0.29) is 0 Å². The summed E-state index contributed by atoms with van der Waals surface area (Å²) in [5.74, 6) is 0. The Hall–Kier alpha value is -0.735. The maximum Gasteiger partial charge on any atom is 0.334 e. The van der Waals surface area contributed by atoms with E-state index in [4.69, 9.17) is 9.07 Å². The van der Waals surface area contributed by atoms with E-state index in [0.717, 1.165) is 5.46 Å². The number of furan rings is 1. The van der Waals surface area contributed by atoms with Crippen LogP contribution in [0.2, 0.25) is 0 Å². The summed E-state index contributed by atoms with van der Waals surface area (Å²) in [7, 11) is 1.58. The second kappa shape index (κ2) is 3.79. The van der Waals surface area contributed by atoms with E-state index in [1.165, 1.54) is 0 Å². The van der Waals surface area contributed by atoms with Gasteiger partial charge in [-0.15, -0.1) is 0 Å². The first kappa shape index (κ1) is 11.3. The largest absolute Gasteiger partial charge is 0.473 e. The van der Waals surface area contributed by atoms with Crippen molar-refractivity contribution in [2.75, 3.05) is 0 Å². The quantitative estimate of drug-likeness (QED) is 0.731. The average molecular weight is 195 g/mol. The second-order valence-corrected chi connectivity index (χ2v) is 4.36. The Morgan fingerprint density at radius 2 is 2.00 bits per heavy atom. The molecule has 0 spiro atoms. The minimum atomic E-state index is -0.896. The molecule has 0 atom stereocenters. The van der Waals surface area contributed by atoms with Crippen LogP contribution >= 0.6 is 0 Å². The van der Waals surface area contributed by atoms with Crippen molar-refractivity contribution in [3.63, 3.8) is 0 Å². The van der Waals surface area contributed by atoms with E-state index in [9.17, 15) is 5.11 Å². The van der Waals surface area contributed by atoms with E-state index in [1.54, 1.807) is 39.9 Å². The molecule has 0 fully saturated rings. The number of hydrogen-bond donors (Lipinski definition) is 1. The molecule has 0 aliphatic heterocycles. The van der Waals surface area contributed by atoms with Gasteiger partial charge in [0, 0.05) is 0 Å². The summed E-state index contributed by atoms with van der Waals surface area (Å²) < 4.78 is 10.4. The fourth-order valence-electron chi connectivity index (χ4n) is 0.702. The lowest BCUT2D eigenvalue weighted by Crippen LogP contribution is -2.49. The summed E-state index contributed by atoms with van der Waals surface area (Å²) in [6.07, 6.45) is 3.16. The molecule has 1 aromatic rings. The standard InChI is InChI=1S/C10H16BO3/c1-9(2,12)10(3,4)14-11-8-5-6-13-7-8/h5-7,12H,1-4H3. The molecule has 0 amide bonds. The topological polar surface area (TPSA) is 42.6 Å². The Labute approximate surface area is 85.3 Å². The van der Waals surface area contributed by atoms with E-state index >= 15 is 0 Å². The van der Waals surface area contributed by atoms with Crippen LogP contribution in [0.4, 0.5) is 0 Å². The third-order valence-electron chi connectivity index (χ3n) is 2.51. The van der Waals surface area contributed by atoms with Gasteiger partial charge in [0.05, 0.1) is 23.7 Å². The zero-order chi connectivity index (χ0) is 10.8. The van der Waals surface area contributed by atoms with Gasteiger partial charge in [-0.2, -0.15) is 0 Å². The highest BCUT2D eigenvalue weighted by Crippen LogP contribution is 2.24. The maximum atomic E-state index is 9.81. The highest BCUT2D eigenvalue weighted by Gasteiger charge is 2.35. The monoisotopic (exact) mass is 195 g/mol. The molecule has 1 heterocycles. The summed E-state index contributed by atoms with van der Waals surface area (Å²) >= 11 is 0. The minimum absolute atomic E-state index is 0.635. The highest BCUT2D eigenvalue weighted by atomic mass is 16.5. The first-order chi connectivity index (χ1) is 6.33. The van der Waals surface area contributed by atoms with Crippen molar-refractivity contribution in [1.29, 1.82) is 0 Å². The van der Waals surface area contributed by atoms with Gasteiger partial charge in [-0.25, -0.2) is 0 Å². The van der Waals surface area contributed by atoms with Crippen molar-refractivity contribution < 1.29 is 14.2 Å². The summed E-state index contributed by atoms with van der Waals surface area (Å²) in [4.78, 5) is 0. The number of rotatable bonds is 4. The van der Waals surface area contributed by atoms with Crippen molar-refractivity contribution in [3.8, 4) is 0 Å². The molecular formula is C10H16BO3. The molecule has 4 heteroatoms. The zero-order valence-corrected chi connectivity index (χ0v) is 9.07. The fraction of sp³-hybridized carbons (Fsp3) is 0.600. The Morgan fingerprint density at radius 3 is 2.43 bits per heavy atom. The van der Waals surface area contributed by atoms with Crippen LogP contribution in [-0.2, 0) is 4.65 Å². The third kappa shape index (κ3) is 2.62. The normalized spacial score (nSPS) is 12.9. The molecule has 1 rings (SSSR count). The molecule has 0 saturated heterocycles. The first-order valence-corrected chi connectivity index (χ1v) is 4.58. The summed E-state index contributed by atoms with van der Waals surface area (Å²) in [5.41, 5.74) is -0.681. The van der Waals surface area contributed by atoms with Crippen LogP contribution in [0.1, 0.15) is 27.7 Å². The average Bonchev–Trinajstić information content (AvgIpc) is 2.50. The van der Waals surface area contributed by atoms with Gasteiger partial charge in [0.1, 0.15) is 0 Å².